The zero-order valence-electron chi connectivity index (χ0n) is 22.0. The Morgan fingerprint density at radius 2 is 1.68 bits per heavy atom. The van der Waals surface area contributed by atoms with E-state index in [2.05, 4.69) is 65.5 Å². The summed E-state index contributed by atoms with van der Waals surface area (Å²) < 4.78 is 36.0. The van der Waals surface area contributed by atoms with Gasteiger partial charge in [-0.25, -0.2) is 18.7 Å². The number of hydrogen-bond acceptors (Lipinski definition) is 5. The Hall–Kier alpha value is -4.02. The van der Waals surface area contributed by atoms with E-state index in [9.17, 15) is 8.78 Å². The molecular formula is C30H29F2N7O. The van der Waals surface area contributed by atoms with Crippen LogP contribution in [0.5, 0.6) is 5.75 Å². The molecule has 204 valence electrons. The van der Waals surface area contributed by atoms with Gasteiger partial charge in [0, 0.05) is 28.5 Å². The molecule has 5 aromatic rings. The first-order chi connectivity index (χ1) is 19.4. The lowest BCUT2D eigenvalue weighted by Gasteiger charge is -2.27. The molecule has 3 atom stereocenters. The fraction of sp³-hybridized carbons (Fsp3) is 0.333. The Morgan fingerprint density at radius 3 is 2.40 bits per heavy atom. The number of ether oxygens (including phenoxy) is 1. The summed E-state index contributed by atoms with van der Waals surface area (Å²) in [6, 6.07) is 14.6. The molecule has 8 rings (SSSR count). The third-order valence-electron chi connectivity index (χ3n) is 8.40. The van der Waals surface area contributed by atoms with Gasteiger partial charge in [0.25, 0.3) is 5.92 Å². The van der Waals surface area contributed by atoms with Crippen LogP contribution in [-0.4, -0.2) is 43.5 Å². The number of nitrogens with one attached hydrogen (secondary N) is 4. The zero-order chi connectivity index (χ0) is 27.0. The number of benzene rings is 2. The third-order valence-corrected chi connectivity index (χ3v) is 8.40. The van der Waals surface area contributed by atoms with E-state index in [4.69, 9.17) is 4.74 Å². The minimum absolute atomic E-state index is 0.199. The molecule has 2 unspecified atom stereocenters. The van der Waals surface area contributed by atoms with Gasteiger partial charge in [0.05, 0.1) is 53.6 Å². The van der Waals surface area contributed by atoms with Crippen molar-refractivity contribution in [2.24, 2.45) is 0 Å². The van der Waals surface area contributed by atoms with Crippen LogP contribution in [0.25, 0.3) is 44.7 Å². The van der Waals surface area contributed by atoms with E-state index in [1.807, 2.05) is 25.3 Å². The summed E-state index contributed by atoms with van der Waals surface area (Å²) in [5.41, 5.74) is 6.99. The van der Waals surface area contributed by atoms with E-state index >= 15 is 0 Å². The number of aromatic amines is 2. The Balaban J connectivity index is 1.11. The molecule has 4 N–H and O–H groups in total. The highest BCUT2D eigenvalue weighted by atomic mass is 19.3. The second kappa shape index (κ2) is 8.74. The average Bonchev–Trinajstić information content (AvgIpc) is 3.76. The van der Waals surface area contributed by atoms with Gasteiger partial charge in [-0.2, -0.15) is 0 Å². The molecule has 0 saturated carbocycles. The molecule has 0 spiro atoms. The molecule has 6 heterocycles. The lowest BCUT2D eigenvalue weighted by Crippen LogP contribution is -2.19. The lowest BCUT2D eigenvalue weighted by molar-refractivity contribution is 0.0208. The third kappa shape index (κ3) is 3.85. The minimum Gasteiger partial charge on any atom is -0.470 e. The van der Waals surface area contributed by atoms with Gasteiger partial charge in [-0.3, -0.25) is 0 Å². The van der Waals surface area contributed by atoms with Gasteiger partial charge < -0.3 is 29.9 Å². The summed E-state index contributed by atoms with van der Waals surface area (Å²) in [5.74, 6) is -0.401. The number of nitrogens with zero attached hydrogens (tertiary/aromatic N) is 3. The number of imidazole rings is 2. The van der Waals surface area contributed by atoms with Gasteiger partial charge in [0.1, 0.15) is 17.4 Å². The van der Waals surface area contributed by atoms with Crippen molar-refractivity contribution in [3.05, 3.63) is 66.5 Å². The first-order valence-corrected chi connectivity index (χ1v) is 13.8. The van der Waals surface area contributed by atoms with E-state index in [0.29, 0.717) is 11.9 Å². The van der Waals surface area contributed by atoms with E-state index < -0.39 is 12.0 Å². The lowest BCUT2D eigenvalue weighted by atomic mass is 10.0. The SMILES string of the molecule is CC1Oc2cc(-c3cnc([C@@H]4CC(F)(F)CN4)[nH]3)ccc2-c2cc3cc(-c4cnc(C5CCCN5)[nH]4)ccc3n21. The molecule has 0 aliphatic carbocycles. The predicted molar refractivity (Wildman–Crippen MR) is 148 cm³/mol. The molecule has 0 radical (unpaired) electrons. The monoisotopic (exact) mass is 541 g/mol. The summed E-state index contributed by atoms with van der Waals surface area (Å²) in [6.07, 6.45) is 5.45. The van der Waals surface area contributed by atoms with Crippen LogP contribution in [0.15, 0.2) is 54.9 Å². The Bertz CT molecular complexity index is 1750. The molecule has 3 aliphatic rings. The second-order valence-corrected chi connectivity index (χ2v) is 11.1. The molecule has 2 aromatic carbocycles. The van der Waals surface area contributed by atoms with Gasteiger partial charge >= 0.3 is 0 Å². The molecule has 0 bridgehead atoms. The van der Waals surface area contributed by atoms with E-state index in [1.54, 1.807) is 6.20 Å². The van der Waals surface area contributed by atoms with Crippen LogP contribution in [0.4, 0.5) is 8.78 Å². The van der Waals surface area contributed by atoms with Crippen molar-refractivity contribution >= 4 is 10.9 Å². The van der Waals surface area contributed by atoms with Crippen LogP contribution >= 0.6 is 0 Å². The summed E-state index contributed by atoms with van der Waals surface area (Å²) in [6.45, 7) is 2.76. The van der Waals surface area contributed by atoms with Gasteiger partial charge in [-0.15, -0.1) is 0 Å². The zero-order valence-corrected chi connectivity index (χ0v) is 22.0. The normalized spacial score (nSPS) is 23.3. The maximum atomic E-state index is 13.7. The maximum absolute atomic E-state index is 13.7. The highest BCUT2D eigenvalue weighted by Gasteiger charge is 2.41. The Kier molecular flexibility index (Phi) is 5.21. The molecule has 3 aromatic heterocycles. The van der Waals surface area contributed by atoms with E-state index in [-0.39, 0.29) is 19.2 Å². The van der Waals surface area contributed by atoms with Crippen LogP contribution in [-0.2, 0) is 0 Å². The molecule has 8 nitrogen and oxygen atoms in total. The smallest absolute Gasteiger partial charge is 0.262 e. The molecule has 2 saturated heterocycles. The topological polar surface area (TPSA) is 95.6 Å². The number of rotatable bonds is 4. The number of H-pyrrole nitrogens is 2. The Morgan fingerprint density at radius 1 is 0.925 bits per heavy atom. The van der Waals surface area contributed by atoms with Gasteiger partial charge in [0.15, 0.2) is 6.23 Å². The number of halogens is 2. The minimum atomic E-state index is -2.71. The molecule has 3 aliphatic heterocycles. The highest BCUT2D eigenvalue weighted by molar-refractivity contribution is 5.92. The van der Waals surface area contributed by atoms with Crippen LogP contribution in [0.3, 0.4) is 0 Å². The summed E-state index contributed by atoms with van der Waals surface area (Å²) in [7, 11) is 0. The van der Waals surface area contributed by atoms with Crippen LogP contribution < -0.4 is 15.4 Å². The standard InChI is InChI=1S/C30H29F2N7O/c1-16-39-25-7-5-17(23-13-34-28(37-23)21-3-2-8-33-21)9-19(25)10-26(39)20-6-4-18(11-27(20)40-16)24-14-35-29(38-24)22-12-30(31,32)15-36-22/h4-7,9-11,13-14,16,21-22,33,36H,2-3,8,12,15H2,1H3,(H,34,37)(H,35,38)/t16?,21?,22-/m0/s1. The first-order valence-electron chi connectivity index (χ1n) is 13.8. The van der Waals surface area contributed by atoms with Crippen molar-refractivity contribution < 1.29 is 13.5 Å². The fourth-order valence-electron chi connectivity index (χ4n) is 6.39. The van der Waals surface area contributed by atoms with Crippen molar-refractivity contribution in [2.45, 2.75) is 50.4 Å². The number of hydrogen-bond donors (Lipinski definition) is 4. The van der Waals surface area contributed by atoms with Crippen LogP contribution in [0, 0.1) is 0 Å². The highest BCUT2D eigenvalue weighted by Crippen LogP contribution is 2.44. The quantitative estimate of drug-likeness (QED) is 0.221. The predicted octanol–water partition coefficient (Wildman–Crippen LogP) is 6.09. The van der Waals surface area contributed by atoms with Gasteiger partial charge in [-0.1, -0.05) is 12.1 Å². The van der Waals surface area contributed by atoms with E-state index in [0.717, 1.165) is 69.2 Å². The van der Waals surface area contributed by atoms with Crippen molar-refractivity contribution in [2.75, 3.05) is 13.1 Å². The molecule has 10 heteroatoms. The van der Waals surface area contributed by atoms with Gasteiger partial charge in [0.2, 0.25) is 0 Å². The van der Waals surface area contributed by atoms with Crippen molar-refractivity contribution in [3.8, 4) is 39.5 Å². The molecule has 0 amide bonds. The summed E-state index contributed by atoms with van der Waals surface area (Å²) in [4.78, 5) is 15.8. The average molecular weight is 542 g/mol. The number of aromatic nitrogens is 5. The Labute approximate surface area is 229 Å². The van der Waals surface area contributed by atoms with Crippen LogP contribution in [0.1, 0.15) is 56.1 Å². The molecule has 40 heavy (non-hydrogen) atoms. The summed E-state index contributed by atoms with van der Waals surface area (Å²) >= 11 is 0. The molecule has 2 fully saturated rings. The largest absolute Gasteiger partial charge is 0.470 e. The second-order valence-electron chi connectivity index (χ2n) is 11.1. The van der Waals surface area contributed by atoms with Crippen molar-refractivity contribution in [1.29, 1.82) is 0 Å². The summed E-state index contributed by atoms with van der Waals surface area (Å²) in [5, 5.41) is 7.49. The van der Waals surface area contributed by atoms with Crippen LogP contribution in [0.2, 0.25) is 0 Å². The fourth-order valence-corrected chi connectivity index (χ4v) is 6.39. The number of alkyl halides is 2. The first kappa shape index (κ1) is 23.8. The maximum Gasteiger partial charge on any atom is 0.262 e. The van der Waals surface area contributed by atoms with Crippen molar-refractivity contribution in [3.63, 3.8) is 0 Å². The number of fused-ring (bicyclic) bond motifs is 5. The molecular weight excluding hydrogens is 512 g/mol. The van der Waals surface area contributed by atoms with Crippen molar-refractivity contribution in [1.82, 2.24) is 35.1 Å². The van der Waals surface area contributed by atoms with Gasteiger partial charge in [-0.05, 0) is 56.6 Å². The van der Waals surface area contributed by atoms with E-state index in [1.165, 1.54) is 6.42 Å².